The minimum atomic E-state index is -0.927. The summed E-state index contributed by atoms with van der Waals surface area (Å²) in [5, 5.41) is 12.9. The number of non-ortho nitro benzene ring substituents is 1. The fraction of sp³-hybridized carbons (Fsp3) is 0.125. The molecule has 11 heteroatoms. The van der Waals surface area contributed by atoms with Crippen LogP contribution in [0.25, 0.3) is 0 Å². The van der Waals surface area contributed by atoms with Crippen LogP contribution in [0.3, 0.4) is 0 Å². The van der Waals surface area contributed by atoms with Crippen LogP contribution in [-0.4, -0.2) is 30.5 Å². The summed E-state index contributed by atoms with van der Waals surface area (Å²) in [6.07, 6.45) is 0. The summed E-state index contributed by atoms with van der Waals surface area (Å²) < 4.78 is 23.5. The summed E-state index contributed by atoms with van der Waals surface area (Å²) in [5.74, 6) is -2.62. The number of rotatable bonds is 6. The quantitative estimate of drug-likeness (QED) is 0.331. The number of carbonyl (C=O) groups is 2. The monoisotopic (exact) mass is 397 g/mol. The lowest BCUT2D eigenvalue weighted by molar-refractivity contribution is -0.384. The Morgan fingerprint density at radius 2 is 2.04 bits per heavy atom. The molecule has 0 saturated carbocycles. The molecule has 27 heavy (non-hydrogen) atoms. The molecule has 9 nitrogen and oxygen atoms in total. The minimum absolute atomic E-state index is 0.0639. The second-order valence-electron chi connectivity index (χ2n) is 5.12. The maximum Gasteiger partial charge on any atom is 0.342 e. The summed E-state index contributed by atoms with van der Waals surface area (Å²) >= 11 is 5.85. The molecule has 0 aliphatic carbocycles. The minimum Gasteiger partial charge on any atom is -0.496 e. The number of nitrogen functional groups attached to an aromatic ring is 1. The molecule has 0 spiro atoms. The zero-order valence-electron chi connectivity index (χ0n) is 13.8. The Labute approximate surface area is 157 Å². The van der Waals surface area contributed by atoms with Gasteiger partial charge >= 0.3 is 5.97 Å². The number of anilines is 2. The van der Waals surface area contributed by atoms with Crippen LogP contribution in [0.1, 0.15) is 10.4 Å². The van der Waals surface area contributed by atoms with Gasteiger partial charge in [0.2, 0.25) is 0 Å². The molecule has 0 aromatic heterocycles. The van der Waals surface area contributed by atoms with Gasteiger partial charge in [-0.2, -0.15) is 0 Å². The van der Waals surface area contributed by atoms with Crippen molar-refractivity contribution in [2.75, 3.05) is 24.8 Å². The molecule has 0 fully saturated rings. The second-order valence-corrected chi connectivity index (χ2v) is 5.53. The van der Waals surface area contributed by atoms with Crippen LogP contribution in [-0.2, 0) is 9.53 Å². The van der Waals surface area contributed by atoms with Gasteiger partial charge in [0.1, 0.15) is 17.1 Å². The number of carbonyl (C=O) groups excluding carboxylic acids is 2. The van der Waals surface area contributed by atoms with E-state index in [-0.39, 0.29) is 22.0 Å². The predicted molar refractivity (Wildman–Crippen MR) is 94.4 cm³/mol. The molecule has 0 radical (unpaired) electrons. The molecule has 0 aliphatic heterocycles. The number of nitrogens with zero attached hydrogens (tertiary/aromatic N) is 1. The first-order chi connectivity index (χ1) is 12.7. The lowest BCUT2D eigenvalue weighted by Crippen LogP contribution is -2.21. The van der Waals surface area contributed by atoms with Crippen molar-refractivity contribution in [2.24, 2.45) is 0 Å². The largest absolute Gasteiger partial charge is 0.496 e. The van der Waals surface area contributed by atoms with Crippen LogP contribution >= 0.6 is 11.6 Å². The highest BCUT2D eigenvalue weighted by molar-refractivity contribution is 6.33. The van der Waals surface area contributed by atoms with E-state index in [4.69, 9.17) is 26.8 Å². The number of benzene rings is 2. The van der Waals surface area contributed by atoms with Crippen LogP contribution in [0.15, 0.2) is 30.3 Å². The molecule has 3 N–H and O–H groups in total. The normalized spacial score (nSPS) is 10.2. The highest BCUT2D eigenvalue weighted by Crippen LogP contribution is 2.29. The van der Waals surface area contributed by atoms with Crippen molar-refractivity contribution in [1.29, 1.82) is 0 Å². The van der Waals surface area contributed by atoms with Gasteiger partial charge in [-0.05, 0) is 12.1 Å². The third-order valence-electron chi connectivity index (χ3n) is 3.31. The third-order valence-corrected chi connectivity index (χ3v) is 3.64. The number of hydrogen-bond donors (Lipinski definition) is 2. The molecule has 2 aromatic rings. The zero-order valence-corrected chi connectivity index (χ0v) is 14.6. The summed E-state index contributed by atoms with van der Waals surface area (Å²) in [7, 11) is 1.30. The molecule has 0 atom stereocenters. The van der Waals surface area contributed by atoms with Gasteiger partial charge in [-0.1, -0.05) is 11.6 Å². The standard InChI is InChI=1S/C16H13ClFN3O6/c1-26-14-6-12(19)10(17)5-9(14)16(23)27-7-15(22)20-13-4-8(21(24)25)2-3-11(13)18/h2-6H,7,19H2,1H3,(H,20,22). The molecule has 2 aromatic carbocycles. The van der Waals surface area contributed by atoms with Gasteiger partial charge in [0.15, 0.2) is 6.61 Å². The van der Waals surface area contributed by atoms with Gasteiger partial charge in [-0.15, -0.1) is 0 Å². The van der Waals surface area contributed by atoms with Crippen molar-refractivity contribution in [3.8, 4) is 5.75 Å². The van der Waals surface area contributed by atoms with Crippen LogP contribution in [0, 0.1) is 15.9 Å². The number of esters is 1. The molecule has 0 heterocycles. The van der Waals surface area contributed by atoms with Crippen molar-refractivity contribution < 1.29 is 28.4 Å². The molecule has 0 bridgehead atoms. The zero-order chi connectivity index (χ0) is 20.1. The Balaban J connectivity index is 2.06. The highest BCUT2D eigenvalue weighted by Gasteiger charge is 2.19. The Morgan fingerprint density at radius 3 is 2.67 bits per heavy atom. The van der Waals surface area contributed by atoms with Crippen molar-refractivity contribution in [3.63, 3.8) is 0 Å². The van der Waals surface area contributed by atoms with Crippen LogP contribution in [0.4, 0.5) is 21.5 Å². The Bertz CT molecular complexity index is 921. The predicted octanol–water partition coefficient (Wildman–Crippen LogP) is 2.77. The SMILES string of the molecule is COc1cc(N)c(Cl)cc1C(=O)OCC(=O)Nc1cc([N+](=O)[O-])ccc1F. The molecular weight excluding hydrogens is 385 g/mol. The van der Waals surface area contributed by atoms with E-state index < -0.39 is 40.6 Å². The third kappa shape index (κ3) is 4.82. The first-order valence-electron chi connectivity index (χ1n) is 7.27. The Morgan fingerprint density at radius 1 is 1.33 bits per heavy atom. The summed E-state index contributed by atoms with van der Waals surface area (Å²) in [6.45, 7) is -0.772. The second kappa shape index (κ2) is 8.32. The summed E-state index contributed by atoms with van der Waals surface area (Å²) in [6, 6.07) is 5.16. The first kappa shape index (κ1) is 19.9. The molecule has 142 valence electrons. The van der Waals surface area contributed by atoms with E-state index in [0.717, 1.165) is 18.2 Å². The molecule has 1 amide bonds. The average molecular weight is 398 g/mol. The number of nitro benzene ring substituents is 1. The smallest absolute Gasteiger partial charge is 0.342 e. The summed E-state index contributed by atoms with van der Waals surface area (Å²) in [5.41, 5.74) is 4.90. The number of hydrogen-bond acceptors (Lipinski definition) is 7. The first-order valence-corrected chi connectivity index (χ1v) is 7.64. The summed E-state index contributed by atoms with van der Waals surface area (Å²) in [4.78, 5) is 33.9. The van der Waals surface area contributed by atoms with E-state index in [2.05, 4.69) is 5.32 Å². The van der Waals surface area contributed by atoms with Gasteiger partial charge in [0.25, 0.3) is 11.6 Å². The van der Waals surface area contributed by atoms with Gasteiger partial charge in [0.05, 0.1) is 28.4 Å². The fourth-order valence-corrected chi connectivity index (χ4v) is 2.18. The maximum absolute atomic E-state index is 13.7. The lowest BCUT2D eigenvalue weighted by atomic mass is 10.2. The fourth-order valence-electron chi connectivity index (χ4n) is 2.02. The lowest BCUT2D eigenvalue weighted by Gasteiger charge is -2.11. The molecule has 0 aliphatic rings. The van der Waals surface area contributed by atoms with E-state index in [9.17, 15) is 24.1 Å². The molecular formula is C16H13ClFN3O6. The van der Waals surface area contributed by atoms with E-state index >= 15 is 0 Å². The van der Waals surface area contributed by atoms with E-state index in [1.54, 1.807) is 0 Å². The highest BCUT2D eigenvalue weighted by atomic mass is 35.5. The number of nitro groups is 1. The van der Waals surface area contributed by atoms with Gasteiger partial charge in [-0.25, -0.2) is 9.18 Å². The van der Waals surface area contributed by atoms with Crippen molar-refractivity contribution in [3.05, 3.63) is 56.8 Å². The molecule has 2 rings (SSSR count). The number of halogens is 2. The van der Waals surface area contributed by atoms with Crippen molar-refractivity contribution in [1.82, 2.24) is 0 Å². The van der Waals surface area contributed by atoms with Crippen molar-refractivity contribution in [2.45, 2.75) is 0 Å². The van der Waals surface area contributed by atoms with Crippen LogP contribution in [0.5, 0.6) is 5.75 Å². The van der Waals surface area contributed by atoms with Gasteiger partial charge < -0.3 is 20.5 Å². The number of amides is 1. The Kier molecular flexibility index (Phi) is 6.14. The average Bonchev–Trinajstić information content (AvgIpc) is 2.63. The van der Waals surface area contributed by atoms with Gasteiger partial charge in [0, 0.05) is 18.2 Å². The van der Waals surface area contributed by atoms with Crippen molar-refractivity contribution >= 4 is 40.5 Å². The number of nitrogens with one attached hydrogen (secondary N) is 1. The molecule has 0 saturated heterocycles. The molecule has 0 unspecified atom stereocenters. The van der Waals surface area contributed by atoms with Crippen LogP contribution < -0.4 is 15.8 Å². The van der Waals surface area contributed by atoms with Crippen LogP contribution in [0.2, 0.25) is 5.02 Å². The van der Waals surface area contributed by atoms with E-state index in [1.807, 2.05) is 0 Å². The number of nitrogens with two attached hydrogens (primary N) is 1. The van der Waals surface area contributed by atoms with Gasteiger partial charge in [-0.3, -0.25) is 14.9 Å². The van der Waals surface area contributed by atoms with E-state index in [1.165, 1.54) is 19.2 Å². The van der Waals surface area contributed by atoms with E-state index in [0.29, 0.717) is 0 Å². The topological polar surface area (TPSA) is 134 Å². The number of ether oxygens (including phenoxy) is 2. The Hall–Kier alpha value is -3.40. The maximum atomic E-state index is 13.7. The number of methoxy groups -OCH3 is 1.